The Morgan fingerprint density at radius 3 is 2.44 bits per heavy atom. The molecule has 0 unspecified atom stereocenters. The fraction of sp³-hybridized carbons (Fsp3) is 0.633. The lowest BCUT2D eigenvalue weighted by atomic mass is 10.0. The fourth-order valence-corrected chi connectivity index (χ4v) is 6.08. The average Bonchev–Trinajstić information content (AvgIpc) is 3.47. The van der Waals surface area contributed by atoms with Crippen molar-refractivity contribution in [3.8, 4) is 0 Å². The third kappa shape index (κ3) is 15.0. The summed E-state index contributed by atoms with van der Waals surface area (Å²) in [7, 11) is 0. The molecule has 2 saturated heterocycles. The van der Waals surface area contributed by atoms with Gasteiger partial charge >= 0.3 is 6.03 Å². The standard InChI is InChI=1S/C30H48N4O4S/c1-2-3-13-18-24(35)19-14-11-9-7-5-4-6-8-10-12-15-21-27(36)33-34-28(37)22-17-16-20-26-29-25(23-39-26)31-30(38)32-29/h4-5,8-11,14,19,24-26,29,35H,2-3,6-7,12-13,15-18,20-23H2,1H3,(H,33,36)(H,34,37)(H2,31,32,38)/b5-4-,10-8-,11-9-,19-14+/t24-,25-,26-,29-/m0/s1. The van der Waals surface area contributed by atoms with E-state index in [4.69, 9.17) is 0 Å². The zero-order chi connectivity index (χ0) is 28.1. The molecule has 0 radical (unpaired) electrons. The van der Waals surface area contributed by atoms with Crippen LogP contribution in [0.2, 0.25) is 0 Å². The molecular formula is C30H48N4O4S. The number of aliphatic hydroxyl groups excluding tert-OH is 1. The Labute approximate surface area is 238 Å². The molecule has 0 aromatic heterocycles. The predicted molar refractivity (Wildman–Crippen MR) is 160 cm³/mol. The summed E-state index contributed by atoms with van der Waals surface area (Å²) in [4.78, 5) is 35.3. The van der Waals surface area contributed by atoms with Crippen LogP contribution in [0.25, 0.3) is 0 Å². The van der Waals surface area contributed by atoms with E-state index in [-0.39, 0.29) is 36.0 Å². The van der Waals surface area contributed by atoms with Crippen LogP contribution in [-0.4, -0.2) is 52.1 Å². The molecule has 2 fully saturated rings. The number of nitrogens with one attached hydrogen (secondary N) is 4. The molecule has 4 amide bonds. The lowest BCUT2D eigenvalue weighted by Crippen LogP contribution is -2.41. The molecule has 2 heterocycles. The number of urea groups is 1. The Hall–Kier alpha value is -2.52. The number of thioether (sulfide) groups is 1. The average molecular weight is 561 g/mol. The highest BCUT2D eigenvalue weighted by Crippen LogP contribution is 2.33. The van der Waals surface area contributed by atoms with Gasteiger partial charge in [-0.2, -0.15) is 11.8 Å². The largest absolute Gasteiger partial charge is 0.389 e. The number of aliphatic hydroxyl groups is 1. The second-order valence-electron chi connectivity index (χ2n) is 10.1. The van der Waals surface area contributed by atoms with Gasteiger partial charge in [0.25, 0.3) is 0 Å². The fourth-order valence-electron chi connectivity index (χ4n) is 4.53. The van der Waals surface area contributed by atoms with E-state index in [2.05, 4.69) is 58.8 Å². The van der Waals surface area contributed by atoms with Gasteiger partial charge in [-0.3, -0.25) is 20.4 Å². The number of hydrogen-bond acceptors (Lipinski definition) is 5. The molecule has 8 nitrogen and oxygen atoms in total. The molecule has 0 aliphatic carbocycles. The van der Waals surface area contributed by atoms with E-state index in [1.165, 1.54) is 12.8 Å². The van der Waals surface area contributed by atoms with Crippen LogP contribution < -0.4 is 21.5 Å². The number of hydrazine groups is 1. The molecule has 2 aliphatic heterocycles. The number of fused-ring (bicyclic) bond motifs is 1. The highest BCUT2D eigenvalue weighted by Gasteiger charge is 2.42. The van der Waals surface area contributed by atoms with Crippen LogP contribution >= 0.6 is 11.8 Å². The molecular weight excluding hydrogens is 512 g/mol. The minimum atomic E-state index is -0.348. The predicted octanol–water partition coefficient (Wildman–Crippen LogP) is 4.98. The summed E-state index contributed by atoms with van der Waals surface area (Å²) < 4.78 is 0. The van der Waals surface area contributed by atoms with Crippen molar-refractivity contribution in [1.82, 2.24) is 21.5 Å². The lowest BCUT2D eigenvalue weighted by molar-refractivity contribution is -0.129. The molecule has 9 heteroatoms. The van der Waals surface area contributed by atoms with Gasteiger partial charge in [0.15, 0.2) is 0 Å². The van der Waals surface area contributed by atoms with Crippen LogP contribution in [0, 0.1) is 0 Å². The van der Waals surface area contributed by atoms with Crippen molar-refractivity contribution in [2.75, 3.05) is 5.75 Å². The van der Waals surface area contributed by atoms with Crippen molar-refractivity contribution in [3.05, 3.63) is 48.6 Å². The zero-order valence-corrected chi connectivity index (χ0v) is 24.2. The first-order chi connectivity index (χ1) is 19.0. The van der Waals surface area contributed by atoms with E-state index in [0.29, 0.717) is 18.1 Å². The van der Waals surface area contributed by atoms with Gasteiger partial charge in [0.2, 0.25) is 11.8 Å². The van der Waals surface area contributed by atoms with Crippen molar-refractivity contribution in [2.24, 2.45) is 0 Å². The van der Waals surface area contributed by atoms with Gasteiger partial charge < -0.3 is 15.7 Å². The normalized spacial score (nSPS) is 21.6. The van der Waals surface area contributed by atoms with Crippen molar-refractivity contribution in [1.29, 1.82) is 0 Å². The van der Waals surface area contributed by atoms with Gasteiger partial charge in [-0.1, -0.05) is 81.2 Å². The maximum atomic E-state index is 12.0. The van der Waals surface area contributed by atoms with Crippen LogP contribution in [0.5, 0.6) is 0 Å². The maximum Gasteiger partial charge on any atom is 0.315 e. The lowest BCUT2D eigenvalue weighted by Gasteiger charge is -2.16. The SMILES string of the molecule is CCCCC[C@H](O)/C=C/C=C\C/C=C\C/C=C\CCCC(=O)NNC(=O)CCCC[C@@H]1SC[C@@H]2NC(=O)N[C@@H]21. The number of rotatable bonds is 19. The van der Waals surface area contributed by atoms with Crippen LogP contribution in [0.3, 0.4) is 0 Å². The van der Waals surface area contributed by atoms with Crippen molar-refractivity contribution in [2.45, 2.75) is 114 Å². The maximum absolute atomic E-state index is 12.0. The van der Waals surface area contributed by atoms with E-state index in [1.54, 1.807) is 0 Å². The van der Waals surface area contributed by atoms with Gasteiger partial charge in [0.05, 0.1) is 18.2 Å². The molecule has 0 bridgehead atoms. The quantitative estimate of drug-likeness (QED) is 0.0502. The first-order valence-electron chi connectivity index (χ1n) is 14.6. The summed E-state index contributed by atoms with van der Waals surface area (Å²) >= 11 is 1.88. The van der Waals surface area contributed by atoms with E-state index in [9.17, 15) is 19.5 Å². The van der Waals surface area contributed by atoms with Crippen LogP contribution in [-0.2, 0) is 9.59 Å². The summed E-state index contributed by atoms with van der Waals surface area (Å²) in [5.74, 6) is 0.591. The number of carbonyl (C=O) groups excluding carboxylic acids is 3. The third-order valence-electron chi connectivity index (χ3n) is 6.76. The second kappa shape index (κ2) is 20.4. The number of hydrogen-bond donors (Lipinski definition) is 5. The monoisotopic (exact) mass is 560 g/mol. The number of allylic oxidation sites excluding steroid dienone is 7. The summed E-state index contributed by atoms with van der Waals surface area (Å²) in [6, 6.07) is 0.350. The van der Waals surface area contributed by atoms with Crippen molar-refractivity contribution >= 4 is 29.6 Å². The second-order valence-corrected chi connectivity index (χ2v) is 11.4. The summed E-state index contributed by atoms with van der Waals surface area (Å²) in [5, 5.41) is 16.1. The van der Waals surface area contributed by atoms with Crippen LogP contribution in [0.1, 0.15) is 90.4 Å². The first kappa shape index (κ1) is 32.7. The Balaban J connectivity index is 1.39. The van der Waals surface area contributed by atoms with Crippen LogP contribution in [0.4, 0.5) is 4.79 Å². The number of amides is 4. The molecule has 0 aromatic carbocycles. The molecule has 5 N–H and O–H groups in total. The van der Waals surface area contributed by atoms with Crippen molar-refractivity contribution in [3.63, 3.8) is 0 Å². The number of carbonyl (C=O) groups is 3. The molecule has 0 spiro atoms. The van der Waals surface area contributed by atoms with Gasteiger partial charge in [0, 0.05) is 23.8 Å². The molecule has 2 aliphatic rings. The number of unbranched alkanes of at least 4 members (excludes halogenated alkanes) is 4. The summed E-state index contributed by atoms with van der Waals surface area (Å²) in [6.45, 7) is 2.16. The van der Waals surface area contributed by atoms with Crippen molar-refractivity contribution < 1.29 is 19.5 Å². The Morgan fingerprint density at radius 2 is 1.67 bits per heavy atom. The third-order valence-corrected chi connectivity index (χ3v) is 8.27. The Kier molecular flexibility index (Phi) is 17.1. The van der Waals surface area contributed by atoms with Gasteiger partial charge in [-0.15, -0.1) is 0 Å². The molecule has 218 valence electrons. The Morgan fingerprint density at radius 1 is 0.949 bits per heavy atom. The molecule has 4 atom stereocenters. The first-order valence-corrected chi connectivity index (χ1v) is 15.6. The minimum Gasteiger partial charge on any atom is -0.389 e. The smallest absolute Gasteiger partial charge is 0.315 e. The molecule has 0 saturated carbocycles. The van der Waals surface area contributed by atoms with Gasteiger partial charge in [-0.25, -0.2) is 4.79 Å². The molecule has 0 aromatic rings. The van der Waals surface area contributed by atoms with Crippen LogP contribution in [0.15, 0.2) is 48.6 Å². The van der Waals surface area contributed by atoms with Gasteiger partial charge in [-0.05, 0) is 44.9 Å². The van der Waals surface area contributed by atoms with Gasteiger partial charge in [0.1, 0.15) is 0 Å². The minimum absolute atomic E-state index is 0.0756. The molecule has 39 heavy (non-hydrogen) atoms. The summed E-state index contributed by atoms with van der Waals surface area (Å²) in [5.41, 5.74) is 5.00. The Bertz CT molecular complexity index is 858. The van der Waals surface area contributed by atoms with E-state index >= 15 is 0 Å². The summed E-state index contributed by atoms with van der Waals surface area (Å²) in [6.07, 6.45) is 26.7. The van der Waals surface area contributed by atoms with E-state index in [1.807, 2.05) is 30.0 Å². The zero-order valence-electron chi connectivity index (χ0n) is 23.4. The topological polar surface area (TPSA) is 120 Å². The highest BCUT2D eigenvalue weighted by molar-refractivity contribution is 8.00. The highest BCUT2D eigenvalue weighted by atomic mass is 32.2. The molecule has 2 rings (SSSR count). The van der Waals surface area contributed by atoms with E-state index in [0.717, 1.165) is 63.5 Å². The van der Waals surface area contributed by atoms with E-state index < -0.39 is 0 Å².